The summed E-state index contributed by atoms with van der Waals surface area (Å²) >= 11 is 6.24. The summed E-state index contributed by atoms with van der Waals surface area (Å²) in [6.07, 6.45) is 5.39. The highest BCUT2D eigenvalue weighted by Crippen LogP contribution is 2.26. The number of benzene rings is 2. The van der Waals surface area contributed by atoms with Crippen LogP contribution in [0.2, 0.25) is 5.02 Å². The molecule has 1 N–H and O–H groups in total. The van der Waals surface area contributed by atoms with Crippen molar-refractivity contribution in [3.63, 3.8) is 0 Å². The molecule has 1 fully saturated rings. The molecule has 0 amide bonds. The Morgan fingerprint density at radius 3 is 2.50 bits per heavy atom. The largest absolute Gasteiger partial charge is 0.339 e. The molecule has 0 atom stereocenters. The predicted octanol–water partition coefficient (Wildman–Crippen LogP) is 6.06. The van der Waals surface area contributed by atoms with E-state index in [0.29, 0.717) is 23.2 Å². The number of carbonyl (C=O) groups excluding carboxylic acids is 1. The third-order valence-electron chi connectivity index (χ3n) is 6.17. The lowest BCUT2D eigenvalue weighted by Crippen LogP contribution is -2.33. The number of halogens is 1. The number of rotatable bonds is 8. The molecule has 0 bridgehead atoms. The zero-order chi connectivity index (χ0) is 22.3. The lowest BCUT2D eigenvalue weighted by atomic mass is 9.90. The number of carbonyl (C=O) groups is 1. The first-order valence-electron chi connectivity index (χ1n) is 11.2. The van der Waals surface area contributed by atoms with Crippen LogP contribution in [-0.4, -0.2) is 33.7 Å². The fourth-order valence-corrected chi connectivity index (χ4v) is 4.32. The molecule has 3 aromatic rings. The molecule has 0 spiro atoms. The first-order chi connectivity index (χ1) is 15.6. The summed E-state index contributed by atoms with van der Waals surface area (Å²) in [5.74, 6) is 1.41. The number of nitrogens with zero attached hydrogens (tertiary/aromatic N) is 3. The van der Waals surface area contributed by atoms with Gasteiger partial charge in [-0.25, -0.2) is 9.97 Å². The van der Waals surface area contributed by atoms with Crippen molar-refractivity contribution < 1.29 is 4.79 Å². The molecule has 2 aromatic carbocycles. The van der Waals surface area contributed by atoms with E-state index in [2.05, 4.69) is 50.5 Å². The smallest absolute Gasteiger partial charge is 0.162 e. The molecule has 0 unspecified atom stereocenters. The Bertz CT molecular complexity index is 1030. The number of likely N-dealkylation sites (tertiary alicyclic amines) is 1. The van der Waals surface area contributed by atoms with Gasteiger partial charge in [-0.15, -0.1) is 0 Å². The summed E-state index contributed by atoms with van der Waals surface area (Å²) in [4.78, 5) is 23.5. The molecule has 2 heterocycles. The maximum absolute atomic E-state index is 12.7. The second-order valence-corrected chi connectivity index (χ2v) is 8.87. The predicted molar refractivity (Wildman–Crippen MR) is 130 cm³/mol. The lowest BCUT2D eigenvalue weighted by molar-refractivity contribution is 0.0961. The second kappa shape index (κ2) is 10.7. The fourth-order valence-electron chi connectivity index (χ4n) is 4.18. The first kappa shape index (κ1) is 22.4. The number of nitrogens with one attached hydrogen (secondary N) is 1. The van der Waals surface area contributed by atoms with Gasteiger partial charge >= 0.3 is 0 Å². The van der Waals surface area contributed by atoms with Crippen LogP contribution in [0.5, 0.6) is 0 Å². The molecule has 0 aliphatic carbocycles. The number of hydrogen-bond acceptors (Lipinski definition) is 5. The highest BCUT2D eigenvalue weighted by molar-refractivity contribution is 6.33. The number of aryl methyl sites for hydroxylation is 1. The van der Waals surface area contributed by atoms with Crippen molar-refractivity contribution in [1.29, 1.82) is 0 Å². The molecule has 4 rings (SSSR count). The summed E-state index contributed by atoms with van der Waals surface area (Å²) in [5, 5.41) is 3.69. The van der Waals surface area contributed by atoms with E-state index < -0.39 is 0 Å². The Balaban J connectivity index is 1.23. The Morgan fingerprint density at radius 1 is 1.06 bits per heavy atom. The van der Waals surface area contributed by atoms with Crippen LogP contribution in [0.15, 0.2) is 60.9 Å². The highest BCUT2D eigenvalue weighted by atomic mass is 35.5. The average Bonchev–Trinajstić information content (AvgIpc) is 2.82. The molecule has 0 radical (unpaired) electrons. The number of aromatic nitrogens is 2. The van der Waals surface area contributed by atoms with E-state index in [-0.39, 0.29) is 5.78 Å². The van der Waals surface area contributed by atoms with Gasteiger partial charge < -0.3 is 5.32 Å². The number of ketones is 1. The molecule has 1 saturated heterocycles. The molecule has 6 heteroatoms. The SMILES string of the molecule is Cc1ncnc(Nc2ccc(C(=O)CCC3CCN(Cc4ccccc4)CC3)cc2)c1Cl. The van der Waals surface area contributed by atoms with E-state index in [0.717, 1.165) is 43.0 Å². The summed E-state index contributed by atoms with van der Waals surface area (Å²) in [7, 11) is 0. The molecule has 166 valence electrons. The van der Waals surface area contributed by atoms with Crippen molar-refractivity contribution in [2.45, 2.75) is 39.2 Å². The maximum Gasteiger partial charge on any atom is 0.162 e. The molecule has 1 aromatic heterocycles. The molecule has 5 nitrogen and oxygen atoms in total. The minimum Gasteiger partial charge on any atom is -0.339 e. The van der Waals surface area contributed by atoms with Gasteiger partial charge in [0.15, 0.2) is 11.6 Å². The van der Waals surface area contributed by atoms with Gasteiger partial charge in [0.25, 0.3) is 0 Å². The Hall–Kier alpha value is -2.76. The number of hydrogen-bond donors (Lipinski definition) is 1. The third-order valence-corrected chi connectivity index (χ3v) is 6.62. The van der Waals surface area contributed by atoms with E-state index in [1.165, 1.54) is 24.7 Å². The summed E-state index contributed by atoms with van der Waals surface area (Å²) in [6.45, 7) is 5.08. The zero-order valence-corrected chi connectivity index (χ0v) is 19.2. The van der Waals surface area contributed by atoms with Crippen LogP contribution in [0.3, 0.4) is 0 Å². The second-order valence-electron chi connectivity index (χ2n) is 8.49. The Kier molecular flexibility index (Phi) is 7.51. The maximum atomic E-state index is 12.7. The van der Waals surface area contributed by atoms with Crippen molar-refractivity contribution in [3.05, 3.63) is 82.8 Å². The van der Waals surface area contributed by atoms with Gasteiger partial charge in [0.1, 0.15) is 11.3 Å². The van der Waals surface area contributed by atoms with Gasteiger partial charge in [0.2, 0.25) is 0 Å². The van der Waals surface area contributed by atoms with Crippen molar-refractivity contribution >= 4 is 28.9 Å². The molecular weight excluding hydrogens is 420 g/mol. The van der Waals surface area contributed by atoms with Gasteiger partial charge in [0.05, 0.1) is 5.69 Å². The minimum absolute atomic E-state index is 0.208. The van der Waals surface area contributed by atoms with Crippen LogP contribution < -0.4 is 5.32 Å². The molecule has 1 aliphatic rings. The van der Waals surface area contributed by atoms with Gasteiger partial charge in [-0.2, -0.15) is 0 Å². The van der Waals surface area contributed by atoms with E-state index in [4.69, 9.17) is 11.6 Å². The number of anilines is 2. The molecule has 1 aliphatic heterocycles. The van der Waals surface area contributed by atoms with E-state index in [9.17, 15) is 4.79 Å². The van der Waals surface area contributed by atoms with Crippen LogP contribution in [0.25, 0.3) is 0 Å². The van der Waals surface area contributed by atoms with Crippen LogP contribution in [0, 0.1) is 12.8 Å². The van der Waals surface area contributed by atoms with Gasteiger partial charge in [-0.3, -0.25) is 9.69 Å². The fraction of sp³-hybridized carbons (Fsp3) is 0.346. The van der Waals surface area contributed by atoms with Crippen molar-refractivity contribution in [1.82, 2.24) is 14.9 Å². The Morgan fingerprint density at radius 2 is 1.78 bits per heavy atom. The summed E-state index contributed by atoms with van der Waals surface area (Å²) in [5.41, 5.74) is 3.69. The van der Waals surface area contributed by atoms with Crippen LogP contribution in [-0.2, 0) is 6.54 Å². The molecule has 0 saturated carbocycles. The molecular formula is C26H29ClN4O. The average molecular weight is 449 g/mol. The van der Waals surface area contributed by atoms with E-state index in [1.54, 1.807) is 0 Å². The summed E-state index contributed by atoms with van der Waals surface area (Å²) < 4.78 is 0. The normalized spacial score (nSPS) is 14.9. The van der Waals surface area contributed by atoms with Crippen LogP contribution >= 0.6 is 11.6 Å². The van der Waals surface area contributed by atoms with Gasteiger partial charge in [-0.1, -0.05) is 41.9 Å². The highest BCUT2D eigenvalue weighted by Gasteiger charge is 2.20. The monoisotopic (exact) mass is 448 g/mol. The number of piperidine rings is 1. The minimum atomic E-state index is 0.208. The van der Waals surface area contributed by atoms with Gasteiger partial charge in [0, 0.05) is 24.2 Å². The van der Waals surface area contributed by atoms with Crippen LogP contribution in [0.4, 0.5) is 11.5 Å². The van der Waals surface area contributed by atoms with Crippen LogP contribution in [0.1, 0.15) is 47.3 Å². The molecule has 32 heavy (non-hydrogen) atoms. The third kappa shape index (κ3) is 5.93. The van der Waals surface area contributed by atoms with Crippen molar-refractivity contribution in [2.24, 2.45) is 5.92 Å². The lowest BCUT2D eigenvalue weighted by Gasteiger charge is -2.32. The zero-order valence-electron chi connectivity index (χ0n) is 18.4. The van der Waals surface area contributed by atoms with E-state index >= 15 is 0 Å². The topological polar surface area (TPSA) is 58.1 Å². The van der Waals surface area contributed by atoms with Crippen molar-refractivity contribution in [3.8, 4) is 0 Å². The van der Waals surface area contributed by atoms with Gasteiger partial charge in [-0.05, 0) is 75.0 Å². The van der Waals surface area contributed by atoms with Crippen molar-refractivity contribution in [2.75, 3.05) is 18.4 Å². The standard InChI is InChI=1S/C26H29ClN4O/c1-19-25(27)26(29-18-28-19)30-23-10-8-22(9-11-23)24(32)12-7-20-13-15-31(16-14-20)17-21-5-3-2-4-6-21/h2-6,8-11,18,20H,7,12-17H2,1H3,(H,28,29,30). The first-order valence-corrected chi connectivity index (χ1v) is 11.6. The number of Topliss-reactive ketones (excluding diaryl/α,β-unsaturated/α-hetero) is 1. The summed E-state index contributed by atoms with van der Waals surface area (Å²) in [6, 6.07) is 18.2. The van der Waals surface area contributed by atoms with E-state index in [1.807, 2.05) is 31.2 Å². The Labute approximate surface area is 194 Å². The quantitative estimate of drug-likeness (QED) is 0.424.